The van der Waals surface area contributed by atoms with Crippen molar-refractivity contribution in [2.75, 3.05) is 12.4 Å². The molecule has 1 atom stereocenters. The van der Waals surface area contributed by atoms with Crippen LogP contribution in [-0.4, -0.2) is 17.5 Å². The van der Waals surface area contributed by atoms with E-state index in [9.17, 15) is 0 Å². The van der Waals surface area contributed by atoms with Gasteiger partial charge in [-0.15, -0.1) is 11.8 Å². The van der Waals surface area contributed by atoms with E-state index >= 15 is 0 Å². The molecule has 5 rings (SSSR count). The molecule has 0 radical (unpaired) electrons. The molecule has 118 valence electrons. The van der Waals surface area contributed by atoms with E-state index in [4.69, 9.17) is 9.26 Å². The van der Waals surface area contributed by atoms with Crippen molar-refractivity contribution >= 4 is 33.4 Å². The third-order valence-corrected chi connectivity index (χ3v) is 5.54. The van der Waals surface area contributed by atoms with Crippen molar-refractivity contribution in [2.24, 2.45) is 0 Å². The van der Waals surface area contributed by atoms with Crippen LogP contribution in [0.5, 0.6) is 0 Å². The van der Waals surface area contributed by atoms with E-state index in [-0.39, 0.29) is 5.44 Å². The number of nitrogens with zero attached hydrogens (tertiary/aromatic N) is 1. The largest absolute Gasteiger partial charge is 0.362 e. The van der Waals surface area contributed by atoms with Crippen molar-refractivity contribution in [1.29, 1.82) is 0 Å². The summed E-state index contributed by atoms with van der Waals surface area (Å²) in [6.45, 7) is 0.813. The minimum absolute atomic E-state index is 0.115. The predicted molar refractivity (Wildman–Crippen MR) is 98.1 cm³/mol. The lowest BCUT2D eigenvalue weighted by Gasteiger charge is -2.09. The summed E-state index contributed by atoms with van der Waals surface area (Å²) >= 11 is 1.84. The Bertz CT molecular complexity index is 1030. The highest BCUT2D eigenvalue weighted by Crippen LogP contribution is 2.39. The smallest absolute Gasteiger partial charge is 0.175 e. The van der Waals surface area contributed by atoms with Crippen molar-refractivity contribution in [1.82, 2.24) is 5.16 Å². The van der Waals surface area contributed by atoms with Gasteiger partial charge in [-0.3, -0.25) is 0 Å². The maximum absolute atomic E-state index is 5.79. The molecule has 24 heavy (non-hydrogen) atoms. The van der Waals surface area contributed by atoms with Crippen LogP contribution in [0.25, 0.3) is 33.0 Å². The van der Waals surface area contributed by atoms with Gasteiger partial charge in [-0.2, -0.15) is 0 Å². The summed E-state index contributed by atoms with van der Waals surface area (Å²) in [4.78, 5) is 0. The van der Waals surface area contributed by atoms with Gasteiger partial charge in [0.25, 0.3) is 0 Å². The first-order valence-electron chi connectivity index (χ1n) is 8.01. The molecule has 1 aromatic heterocycles. The Labute approximate surface area is 143 Å². The van der Waals surface area contributed by atoms with Gasteiger partial charge in [0.05, 0.1) is 12.0 Å². The summed E-state index contributed by atoms with van der Waals surface area (Å²) in [6.07, 6.45) is 0. The molecule has 0 bridgehead atoms. The van der Waals surface area contributed by atoms with E-state index in [0.29, 0.717) is 0 Å². The molecule has 1 saturated heterocycles. The Balaban J connectivity index is 1.72. The average Bonchev–Trinajstić information content (AvgIpc) is 3.30. The highest BCUT2D eigenvalue weighted by Gasteiger charge is 2.20. The summed E-state index contributed by atoms with van der Waals surface area (Å²) < 4.78 is 11.5. The zero-order valence-corrected chi connectivity index (χ0v) is 13.8. The molecule has 4 heteroatoms. The van der Waals surface area contributed by atoms with Crippen molar-refractivity contribution < 1.29 is 9.26 Å². The molecule has 1 unspecified atom stereocenters. The normalized spacial score (nSPS) is 17.8. The van der Waals surface area contributed by atoms with Crippen molar-refractivity contribution in [2.45, 2.75) is 5.44 Å². The molecule has 3 aromatic carbocycles. The molecule has 1 aliphatic heterocycles. The fourth-order valence-electron chi connectivity index (χ4n) is 3.27. The van der Waals surface area contributed by atoms with Gasteiger partial charge >= 0.3 is 0 Å². The molecule has 0 spiro atoms. The van der Waals surface area contributed by atoms with Gasteiger partial charge in [-0.1, -0.05) is 53.7 Å². The summed E-state index contributed by atoms with van der Waals surface area (Å²) in [6, 6.07) is 20.9. The van der Waals surface area contributed by atoms with Crippen LogP contribution in [0.15, 0.2) is 65.2 Å². The zero-order valence-electron chi connectivity index (χ0n) is 12.9. The Hall–Kier alpha value is -2.30. The number of rotatable bonds is 2. The fraction of sp³-hybridized carbons (Fsp3) is 0.150. The third-order valence-electron chi connectivity index (χ3n) is 4.43. The molecular weight excluding hydrogens is 318 g/mol. The van der Waals surface area contributed by atoms with Gasteiger partial charge in [0.2, 0.25) is 0 Å². The van der Waals surface area contributed by atoms with E-state index < -0.39 is 0 Å². The van der Waals surface area contributed by atoms with Gasteiger partial charge in [-0.25, -0.2) is 0 Å². The molecule has 1 fully saturated rings. The van der Waals surface area contributed by atoms with Gasteiger partial charge in [-0.05, 0) is 28.5 Å². The van der Waals surface area contributed by atoms with E-state index in [1.807, 2.05) is 17.8 Å². The van der Waals surface area contributed by atoms with Crippen LogP contribution in [0.2, 0.25) is 0 Å². The summed E-state index contributed by atoms with van der Waals surface area (Å²) in [7, 11) is 0. The minimum atomic E-state index is 0.115. The standard InChI is InChI=1S/C20H15NO2S/c1-2-6-15-13(4-1)5-3-7-16(15)19-17-12-14(20-22-10-11-24-20)8-9-18(17)21-23-19/h1-9,12,20H,10-11H2. The molecule has 2 heterocycles. The lowest BCUT2D eigenvalue weighted by atomic mass is 10.00. The topological polar surface area (TPSA) is 35.3 Å². The van der Waals surface area contributed by atoms with Crippen LogP contribution in [0.4, 0.5) is 0 Å². The summed E-state index contributed by atoms with van der Waals surface area (Å²) in [5.74, 6) is 1.87. The zero-order chi connectivity index (χ0) is 15.9. The van der Waals surface area contributed by atoms with Gasteiger partial charge in [0.15, 0.2) is 5.76 Å². The third kappa shape index (κ3) is 2.22. The molecular formula is C20H15NO2S. The summed E-state index contributed by atoms with van der Waals surface area (Å²) in [5, 5.41) is 7.66. The molecule has 3 nitrogen and oxygen atoms in total. The van der Waals surface area contributed by atoms with E-state index in [2.05, 4.69) is 59.8 Å². The van der Waals surface area contributed by atoms with Crippen LogP contribution in [0, 0.1) is 0 Å². The number of thioether (sulfide) groups is 1. The maximum Gasteiger partial charge on any atom is 0.175 e. The molecule has 1 aliphatic rings. The average molecular weight is 333 g/mol. The fourth-order valence-corrected chi connectivity index (χ4v) is 4.21. The second-order valence-corrected chi connectivity index (χ2v) is 7.06. The molecule has 0 aliphatic carbocycles. The van der Waals surface area contributed by atoms with E-state index in [1.54, 1.807) is 0 Å². The lowest BCUT2D eigenvalue weighted by molar-refractivity contribution is 0.145. The highest BCUT2D eigenvalue weighted by molar-refractivity contribution is 7.99. The first-order chi connectivity index (χ1) is 11.9. The second kappa shape index (κ2) is 5.65. The van der Waals surface area contributed by atoms with Crippen molar-refractivity contribution in [3.8, 4) is 11.3 Å². The summed E-state index contributed by atoms with van der Waals surface area (Å²) in [5.41, 5.74) is 3.25. The number of aromatic nitrogens is 1. The first-order valence-corrected chi connectivity index (χ1v) is 9.06. The van der Waals surface area contributed by atoms with Gasteiger partial charge < -0.3 is 9.26 Å². The lowest BCUT2D eigenvalue weighted by Crippen LogP contribution is -1.92. The van der Waals surface area contributed by atoms with Crippen LogP contribution in [0.1, 0.15) is 11.0 Å². The van der Waals surface area contributed by atoms with Crippen LogP contribution in [0.3, 0.4) is 0 Å². The van der Waals surface area contributed by atoms with Crippen molar-refractivity contribution in [3.63, 3.8) is 0 Å². The molecule has 0 amide bonds. The SMILES string of the molecule is c1ccc2c(-c3onc4ccc(C5OCCS5)cc34)cccc2c1. The van der Waals surface area contributed by atoms with Gasteiger partial charge in [0, 0.05) is 11.3 Å². The van der Waals surface area contributed by atoms with E-state index in [0.717, 1.165) is 34.6 Å². The molecule has 0 N–H and O–H groups in total. The second-order valence-electron chi connectivity index (χ2n) is 5.89. The molecule has 0 saturated carbocycles. The number of fused-ring (bicyclic) bond motifs is 2. The Kier molecular flexibility index (Phi) is 3.32. The Morgan fingerprint density at radius 1 is 0.958 bits per heavy atom. The number of ether oxygens (including phenoxy) is 1. The van der Waals surface area contributed by atoms with Crippen LogP contribution < -0.4 is 0 Å². The number of hydrogen-bond donors (Lipinski definition) is 0. The quantitative estimate of drug-likeness (QED) is 0.491. The van der Waals surface area contributed by atoms with Crippen molar-refractivity contribution in [3.05, 3.63) is 66.2 Å². The van der Waals surface area contributed by atoms with Crippen LogP contribution >= 0.6 is 11.8 Å². The Morgan fingerprint density at radius 2 is 1.88 bits per heavy atom. The van der Waals surface area contributed by atoms with Gasteiger partial charge in [0.1, 0.15) is 11.0 Å². The predicted octanol–water partition coefficient (Wildman–Crippen LogP) is 5.41. The maximum atomic E-state index is 5.79. The monoisotopic (exact) mass is 333 g/mol. The first kappa shape index (κ1) is 14.1. The minimum Gasteiger partial charge on any atom is -0.362 e. The van der Waals surface area contributed by atoms with E-state index in [1.165, 1.54) is 16.3 Å². The van der Waals surface area contributed by atoms with Crippen LogP contribution in [-0.2, 0) is 4.74 Å². The highest BCUT2D eigenvalue weighted by atomic mass is 32.2. The molecule has 4 aromatic rings. The Morgan fingerprint density at radius 3 is 2.79 bits per heavy atom. The number of benzene rings is 3. The number of hydrogen-bond acceptors (Lipinski definition) is 4.